The summed E-state index contributed by atoms with van der Waals surface area (Å²) in [5.41, 5.74) is 2.18. The molecule has 0 aromatic carbocycles. The zero-order valence-corrected chi connectivity index (χ0v) is 5.20. The first-order valence-corrected chi connectivity index (χ1v) is 3.03. The average molecular weight is 135 g/mol. The molecule has 10 heavy (non-hydrogen) atoms. The van der Waals surface area contributed by atoms with Gasteiger partial charge in [-0.25, -0.2) is 0 Å². The molecule has 0 aromatic heterocycles. The number of nitro groups is 1. The molecular weight excluding hydrogens is 130 g/mol. The van der Waals surface area contributed by atoms with Crippen LogP contribution in [0.25, 0.3) is 0 Å². The number of allylic oxidation sites excluding steroid dienone is 5. The van der Waals surface area contributed by atoms with Crippen molar-refractivity contribution in [2.24, 2.45) is 0 Å². The van der Waals surface area contributed by atoms with Gasteiger partial charge in [-0.05, 0) is 5.57 Å². The van der Waals surface area contributed by atoms with Crippen LogP contribution in [0, 0.1) is 10.1 Å². The lowest BCUT2D eigenvalue weighted by Gasteiger charge is -1.89. The maximum Gasteiger partial charge on any atom is 0.273 e. The minimum atomic E-state index is -0.328. The second-order valence-electron chi connectivity index (χ2n) is 2.40. The maximum absolute atomic E-state index is 10.3. The minimum absolute atomic E-state index is 0.275. The predicted octanol–water partition coefficient (Wildman–Crippen LogP) is 1.42. The molecule has 0 spiro atoms. The molecule has 0 aliphatic heterocycles. The van der Waals surface area contributed by atoms with E-state index in [1.54, 1.807) is 6.08 Å². The number of hydrogen-bond donors (Lipinski definition) is 0. The van der Waals surface area contributed by atoms with Gasteiger partial charge in [0.15, 0.2) is 0 Å². The van der Waals surface area contributed by atoms with Crippen LogP contribution in [0.15, 0.2) is 35.1 Å². The molecule has 50 valence electrons. The monoisotopic (exact) mass is 135 g/mol. The Balaban J connectivity index is 2.51. The second-order valence-corrected chi connectivity index (χ2v) is 2.40. The van der Waals surface area contributed by atoms with Gasteiger partial charge in [0.25, 0.3) is 5.70 Å². The van der Waals surface area contributed by atoms with Crippen LogP contribution in [0.1, 0.15) is 6.42 Å². The summed E-state index contributed by atoms with van der Waals surface area (Å²) >= 11 is 0. The number of hydrogen-bond acceptors (Lipinski definition) is 2. The first kappa shape index (κ1) is 5.41. The number of nitrogens with zero attached hydrogens (tertiary/aromatic N) is 1. The Morgan fingerprint density at radius 2 is 2.30 bits per heavy atom. The second kappa shape index (κ2) is 1.56. The lowest BCUT2D eigenvalue weighted by molar-refractivity contribution is -0.419. The highest BCUT2D eigenvalue weighted by Crippen LogP contribution is 2.33. The number of rotatable bonds is 1. The summed E-state index contributed by atoms with van der Waals surface area (Å²) in [5, 5.41) is 10.3. The predicted molar refractivity (Wildman–Crippen MR) is 35.9 cm³/mol. The molecule has 2 bridgehead atoms. The van der Waals surface area contributed by atoms with Crippen LogP contribution < -0.4 is 0 Å². The first-order chi connectivity index (χ1) is 4.77. The minimum Gasteiger partial charge on any atom is -0.258 e. The summed E-state index contributed by atoms with van der Waals surface area (Å²) < 4.78 is 0. The van der Waals surface area contributed by atoms with Gasteiger partial charge in [0.05, 0.1) is 4.92 Å². The van der Waals surface area contributed by atoms with Crippen LogP contribution in [0.5, 0.6) is 0 Å². The molecule has 0 heterocycles. The summed E-state index contributed by atoms with van der Waals surface area (Å²) in [7, 11) is 0. The normalized spacial score (nSPS) is 20.2. The van der Waals surface area contributed by atoms with Gasteiger partial charge in [-0.3, -0.25) is 10.1 Å². The van der Waals surface area contributed by atoms with E-state index >= 15 is 0 Å². The molecule has 0 aromatic rings. The van der Waals surface area contributed by atoms with Gasteiger partial charge in [0.1, 0.15) is 0 Å². The third-order valence-corrected chi connectivity index (χ3v) is 1.74. The molecular formula is C7H5NO2. The van der Waals surface area contributed by atoms with E-state index in [0.29, 0.717) is 0 Å². The Morgan fingerprint density at radius 3 is 2.60 bits per heavy atom. The SMILES string of the molecule is O=[N+]([O-])C1=C2C=CC(=C1)C2. The summed E-state index contributed by atoms with van der Waals surface area (Å²) in [5.74, 6) is 0. The van der Waals surface area contributed by atoms with E-state index in [1.165, 1.54) is 0 Å². The van der Waals surface area contributed by atoms with Crippen molar-refractivity contribution >= 4 is 0 Å². The largest absolute Gasteiger partial charge is 0.273 e. The van der Waals surface area contributed by atoms with E-state index in [1.807, 2.05) is 12.2 Å². The van der Waals surface area contributed by atoms with Crippen LogP contribution in [0.3, 0.4) is 0 Å². The first-order valence-electron chi connectivity index (χ1n) is 3.03. The van der Waals surface area contributed by atoms with E-state index in [2.05, 4.69) is 0 Å². The van der Waals surface area contributed by atoms with Crippen molar-refractivity contribution in [3.05, 3.63) is 45.2 Å². The zero-order valence-electron chi connectivity index (χ0n) is 5.20. The third-order valence-electron chi connectivity index (χ3n) is 1.74. The molecule has 0 atom stereocenters. The smallest absolute Gasteiger partial charge is 0.258 e. The lowest BCUT2D eigenvalue weighted by atomic mass is 10.2. The highest BCUT2D eigenvalue weighted by molar-refractivity contribution is 5.52. The Hall–Kier alpha value is -1.38. The molecule has 3 heteroatoms. The van der Waals surface area contributed by atoms with E-state index < -0.39 is 0 Å². The molecule has 2 rings (SSSR count). The van der Waals surface area contributed by atoms with Crippen LogP contribution >= 0.6 is 0 Å². The Morgan fingerprint density at radius 1 is 1.50 bits per heavy atom. The highest BCUT2D eigenvalue weighted by atomic mass is 16.6. The zero-order chi connectivity index (χ0) is 7.14. The van der Waals surface area contributed by atoms with E-state index in [9.17, 15) is 10.1 Å². The van der Waals surface area contributed by atoms with Crippen molar-refractivity contribution in [1.82, 2.24) is 0 Å². The van der Waals surface area contributed by atoms with Crippen LogP contribution in [0.4, 0.5) is 0 Å². The fourth-order valence-corrected chi connectivity index (χ4v) is 1.26. The van der Waals surface area contributed by atoms with Crippen molar-refractivity contribution < 1.29 is 4.92 Å². The molecule has 0 amide bonds. The van der Waals surface area contributed by atoms with Gasteiger partial charge in [0.2, 0.25) is 0 Å². The average Bonchev–Trinajstić information content (AvgIpc) is 2.44. The fraction of sp³-hybridized carbons (Fsp3) is 0.143. The molecule has 0 radical (unpaired) electrons. The third kappa shape index (κ3) is 0.543. The lowest BCUT2D eigenvalue weighted by Crippen LogP contribution is -1.96. The van der Waals surface area contributed by atoms with Crippen molar-refractivity contribution in [3.8, 4) is 0 Å². The van der Waals surface area contributed by atoms with E-state index in [0.717, 1.165) is 17.6 Å². The molecule has 0 saturated heterocycles. The van der Waals surface area contributed by atoms with Crippen LogP contribution in [0.2, 0.25) is 0 Å². The topological polar surface area (TPSA) is 43.1 Å². The maximum atomic E-state index is 10.3. The van der Waals surface area contributed by atoms with Crippen molar-refractivity contribution in [3.63, 3.8) is 0 Å². The quantitative estimate of drug-likeness (QED) is 0.403. The summed E-state index contributed by atoms with van der Waals surface area (Å²) in [6.07, 6.45) is 6.13. The molecule has 0 fully saturated rings. The van der Waals surface area contributed by atoms with Crippen molar-refractivity contribution in [2.75, 3.05) is 0 Å². The Labute approximate surface area is 57.5 Å². The van der Waals surface area contributed by atoms with Gasteiger partial charge < -0.3 is 0 Å². The van der Waals surface area contributed by atoms with Crippen LogP contribution in [-0.4, -0.2) is 4.92 Å². The van der Waals surface area contributed by atoms with Crippen molar-refractivity contribution in [2.45, 2.75) is 6.42 Å². The molecule has 0 unspecified atom stereocenters. The fourth-order valence-electron chi connectivity index (χ4n) is 1.26. The Bertz CT molecular complexity index is 297. The molecule has 2 aliphatic rings. The summed E-state index contributed by atoms with van der Waals surface area (Å²) in [4.78, 5) is 9.93. The Kier molecular flexibility index (Phi) is 0.845. The molecule has 0 N–H and O–H groups in total. The van der Waals surface area contributed by atoms with Gasteiger partial charge >= 0.3 is 0 Å². The van der Waals surface area contributed by atoms with Gasteiger partial charge in [-0.1, -0.05) is 12.2 Å². The van der Waals surface area contributed by atoms with Crippen LogP contribution in [-0.2, 0) is 0 Å². The summed E-state index contributed by atoms with van der Waals surface area (Å²) in [6.45, 7) is 0. The standard InChI is InChI=1S/C7H5NO2/c9-8(10)7-4-5-1-2-6(7)3-5/h1-2,4H,3H2. The van der Waals surface area contributed by atoms with Gasteiger partial charge in [0, 0.05) is 18.1 Å². The molecule has 0 saturated carbocycles. The molecule has 3 nitrogen and oxygen atoms in total. The molecule has 2 aliphatic carbocycles. The van der Waals surface area contributed by atoms with E-state index in [4.69, 9.17) is 0 Å². The summed E-state index contributed by atoms with van der Waals surface area (Å²) in [6, 6.07) is 0. The van der Waals surface area contributed by atoms with Gasteiger partial charge in [-0.15, -0.1) is 0 Å². The van der Waals surface area contributed by atoms with Crippen molar-refractivity contribution in [1.29, 1.82) is 0 Å². The van der Waals surface area contributed by atoms with E-state index in [-0.39, 0.29) is 10.6 Å². The number of fused-ring (bicyclic) bond motifs is 2. The highest BCUT2D eigenvalue weighted by Gasteiger charge is 2.25. The van der Waals surface area contributed by atoms with Gasteiger partial charge in [-0.2, -0.15) is 0 Å².